The van der Waals surface area contributed by atoms with Crippen LogP contribution in [0.5, 0.6) is 0 Å². The maximum Gasteiger partial charge on any atom is 0.243 e. The molecule has 0 atom stereocenters. The summed E-state index contributed by atoms with van der Waals surface area (Å²) in [5.74, 6) is -0.660. The number of rotatable bonds is 4. The van der Waals surface area contributed by atoms with Gasteiger partial charge >= 0.3 is 0 Å². The molecule has 2 N–H and O–H groups in total. The average molecular weight is 372 g/mol. The van der Waals surface area contributed by atoms with E-state index >= 15 is 0 Å². The smallest absolute Gasteiger partial charge is 0.243 e. The maximum atomic E-state index is 13.1. The Morgan fingerprint density at radius 3 is 2.57 bits per heavy atom. The van der Waals surface area contributed by atoms with Crippen LogP contribution in [0.2, 0.25) is 5.02 Å². The molecule has 0 unspecified atom stereocenters. The first-order chi connectivity index (χ1) is 9.95. The lowest BCUT2D eigenvalue weighted by Crippen LogP contribution is -2.22. The monoisotopic (exact) mass is 370 g/mol. The standard InChI is InChI=1S/C15H13BrClFN2O/c1-9-2-4-11(5-3-9)20-14(21)8-19-15-12(16)6-10(18)7-13(15)17/h2-7,19H,8H2,1H3,(H,20,21). The van der Waals surface area contributed by atoms with Crippen LogP contribution in [0.25, 0.3) is 0 Å². The van der Waals surface area contributed by atoms with E-state index in [1.54, 1.807) is 0 Å². The van der Waals surface area contributed by atoms with Gasteiger partial charge in [0.15, 0.2) is 0 Å². The minimum absolute atomic E-state index is 0.0256. The number of hydrogen-bond donors (Lipinski definition) is 2. The van der Waals surface area contributed by atoms with Crippen LogP contribution in [-0.4, -0.2) is 12.5 Å². The summed E-state index contributed by atoms with van der Waals surface area (Å²) in [5.41, 5.74) is 2.32. The Bertz CT molecular complexity index is 638. The second-order valence-corrected chi connectivity index (χ2v) is 5.77. The van der Waals surface area contributed by atoms with Gasteiger partial charge in [-0.3, -0.25) is 4.79 Å². The summed E-state index contributed by atoms with van der Waals surface area (Å²) in [6, 6.07) is 9.95. The highest BCUT2D eigenvalue weighted by atomic mass is 79.9. The van der Waals surface area contributed by atoms with Gasteiger partial charge in [-0.1, -0.05) is 29.3 Å². The molecule has 0 aliphatic carbocycles. The number of aryl methyl sites for hydroxylation is 1. The highest BCUT2D eigenvalue weighted by Crippen LogP contribution is 2.31. The molecule has 0 aromatic heterocycles. The first kappa shape index (κ1) is 15.8. The molecular weight excluding hydrogens is 359 g/mol. The van der Waals surface area contributed by atoms with Gasteiger partial charge in [-0.2, -0.15) is 0 Å². The molecule has 1 amide bonds. The molecule has 21 heavy (non-hydrogen) atoms. The molecule has 0 aliphatic heterocycles. The molecule has 0 aliphatic rings. The zero-order valence-corrected chi connectivity index (χ0v) is 13.6. The maximum absolute atomic E-state index is 13.1. The van der Waals surface area contributed by atoms with Crippen LogP contribution < -0.4 is 10.6 Å². The fraction of sp³-hybridized carbons (Fsp3) is 0.133. The van der Waals surface area contributed by atoms with Crippen molar-refractivity contribution < 1.29 is 9.18 Å². The molecule has 0 saturated carbocycles. The van der Waals surface area contributed by atoms with Crippen LogP contribution in [0.4, 0.5) is 15.8 Å². The lowest BCUT2D eigenvalue weighted by Gasteiger charge is -2.11. The molecular formula is C15H13BrClFN2O. The van der Waals surface area contributed by atoms with E-state index in [1.165, 1.54) is 12.1 Å². The first-order valence-corrected chi connectivity index (χ1v) is 7.38. The van der Waals surface area contributed by atoms with Crippen LogP contribution in [0.15, 0.2) is 40.9 Å². The van der Waals surface area contributed by atoms with Crippen molar-refractivity contribution in [3.8, 4) is 0 Å². The molecule has 0 saturated heterocycles. The van der Waals surface area contributed by atoms with Crippen molar-refractivity contribution in [3.63, 3.8) is 0 Å². The van der Waals surface area contributed by atoms with Gasteiger partial charge in [0.1, 0.15) is 5.82 Å². The zero-order chi connectivity index (χ0) is 15.4. The average Bonchev–Trinajstić information content (AvgIpc) is 2.40. The fourth-order valence-electron chi connectivity index (χ4n) is 1.72. The van der Waals surface area contributed by atoms with Crippen LogP contribution >= 0.6 is 27.5 Å². The van der Waals surface area contributed by atoms with E-state index in [0.29, 0.717) is 10.2 Å². The Labute approximate surface area is 135 Å². The van der Waals surface area contributed by atoms with Crippen molar-refractivity contribution in [3.05, 3.63) is 57.3 Å². The van der Waals surface area contributed by atoms with Crippen LogP contribution in [0, 0.1) is 12.7 Å². The lowest BCUT2D eigenvalue weighted by atomic mass is 10.2. The molecule has 6 heteroatoms. The lowest BCUT2D eigenvalue weighted by molar-refractivity contribution is -0.114. The van der Waals surface area contributed by atoms with Gasteiger partial charge < -0.3 is 10.6 Å². The summed E-state index contributed by atoms with van der Waals surface area (Å²) in [4.78, 5) is 11.9. The molecule has 110 valence electrons. The summed E-state index contributed by atoms with van der Waals surface area (Å²) in [6.45, 7) is 2.00. The van der Waals surface area contributed by atoms with E-state index < -0.39 is 5.82 Å². The third-order valence-corrected chi connectivity index (χ3v) is 3.69. The van der Waals surface area contributed by atoms with Crippen molar-refractivity contribution >= 4 is 44.8 Å². The Morgan fingerprint density at radius 1 is 1.29 bits per heavy atom. The third-order valence-electron chi connectivity index (χ3n) is 2.77. The van der Waals surface area contributed by atoms with Crippen molar-refractivity contribution in [1.29, 1.82) is 0 Å². The van der Waals surface area contributed by atoms with Crippen molar-refractivity contribution in [2.45, 2.75) is 6.92 Å². The van der Waals surface area contributed by atoms with E-state index in [9.17, 15) is 9.18 Å². The second kappa shape index (κ2) is 6.91. The van der Waals surface area contributed by atoms with Crippen molar-refractivity contribution in [2.75, 3.05) is 17.2 Å². The van der Waals surface area contributed by atoms with Gasteiger partial charge in [-0.05, 0) is 47.1 Å². The van der Waals surface area contributed by atoms with Crippen molar-refractivity contribution in [2.24, 2.45) is 0 Å². The van der Waals surface area contributed by atoms with E-state index in [2.05, 4.69) is 26.6 Å². The van der Waals surface area contributed by atoms with Crippen LogP contribution in [0.1, 0.15) is 5.56 Å². The number of carbonyl (C=O) groups excluding carboxylic acids is 1. The third kappa shape index (κ3) is 4.44. The summed E-state index contributed by atoms with van der Waals surface area (Å²) in [7, 11) is 0. The first-order valence-electron chi connectivity index (χ1n) is 6.20. The van der Waals surface area contributed by atoms with E-state index in [1.807, 2.05) is 31.2 Å². The van der Waals surface area contributed by atoms with Gasteiger partial charge in [0, 0.05) is 10.2 Å². The number of carbonyl (C=O) groups is 1. The molecule has 0 bridgehead atoms. The number of amides is 1. The second-order valence-electron chi connectivity index (χ2n) is 4.51. The van der Waals surface area contributed by atoms with E-state index in [0.717, 1.165) is 11.3 Å². The molecule has 0 fully saturated rings. The normalized spacial score (nSPS) is 10.3. The number of halogens is 3. The summed E-state index contributed by atoms with van der Waals surface area (Å²) in [5, 5.41) is 5.85. The Morgan fingerprint density at radius 2 is 1.95 bits per heavy atom. The SMILES string of the molecule is Cc1ccc(NC(=O)CNc2c(Cl)cc(F)cc2Br)cc1. The van der Waals surface area contributed by atoms with Gasteiger partial charge in [-0.25, -0.2) is 4.39 Å². The summed E-state index contributed by atoms with van der Waals surface area (Å²) in [6.07, 6.45) is 0. The Balaban J connectivity index is 1.97. The molecule has 3 nitrogen and oxygen atoms in total. The zero-order valence-electron chi connectivity index (χ0n) is 11.2. The number of nitrogens with one attached hydrogen (secondary N) is 2. The predicted octanol–water partition coefficient (Wildman–Crippen LogP) is 4.60. The van der Waals surface area contributed by atoms with Gasteiger partial charge in [0.2, 0.25) is 5.91 Å². The van der Waals surface area contributed by atoms with Gasteiger partial charge in [0.05, 0.1) is 17.3 Å². The summed E-state index contributed by atoms with van der Waals surface area (Å²) >= 11 is 9.14. The molecule has 0 heterocycles. The predicted molar refractivity (Wildman–Crippen MR) is 87.4 cm³/mol. The molecule has 2 aromatic carbocycles. The number of anilines is 2. The molecule has 0 radical (unpaired) electrons. The molecule has 0 spiro atoms. The molecule has 2 rings (SSSR count). The topological polar surface area (TPSA) is 41.1 Å². The van der Waals surface area contributed by atoms with Crippen LogP contribution in [-0.2, 0) is 4.79 Å². The van der Waals surface area contributed by atoms with Crippen LogP contribution in [0.3, 0.4) is 0 Å². The summed E-state index contributed by atoms with van der Waals surface area (Å²) < 4.78 is 13.6. The minimum Gasteiger partial charge on any atom is -0.374 e. The number of benzene rings is 2. The Kier molecular flexibility index (Phi) is 5.20. The van der Waals surface area contributed by atoms with E-state index in [4.69, 9.17) is 11.6 Å². The molecule has 2 aromatic rings. The minimum atomic E-state index is -0.443. The largest absolute Gasteiger partial charge is 0.374 e. The van der Waals surface area contributed by atoms with Crippen molar-refractivity contribution in [1.82, 2.24) is 0 Å². The van der Waals surface area contributed by atoms with Gasteiger partial charge in [0.25, 0.3) is 0 Å². The quantitative estimate of drug-likeness (QED) is 0.824. The highest BCUT2D eigenvalue weighted by molar-refractivity contribution is 9.10. The van der Waals surface area contributed by atoms with E-state index in [-0.39, 0.29) is 17.5 Å². The highest BCUT2D eigenvalue weighted by Gasteiger charge is 2.09. The Hall–Kier alpha value is -1.59. The fourth-order valence-corrected chi connectivity index (χ4v) is 2.68. The van der Waals surface area contributed by atoms with Gasteiger partial charge in [-0.15, -0.1) is 0 Å². The number of hydrogen-bond acceptors (Lipinski definition) is 2.